The van der Waals surface area contributed by atoms with E-state index in [1.807, 2.05) is 6.07 Å². The van der Waals surface area contributed by atoms with Crippen LogP contribution in [0.3, 0.4) is 0 Å². The van der Waals surface area contributed by atoms with Gasteiger partial charge < -0.3 is 10.6 Å². The van der Waals surface area contributed by atoms with Crippen molar-refractivity contribution in [3.63, 3.8) is 0 Å². The molecule has 1 saturated carbocycles. The summed E-state index contributed by atoms with van der Waals surface area (Å²) in [6, 6.07) is 2.60. The highest BCUT2D eigenvalue weighted by molar-refractivity contribution is 5.48. The maximum absolute atomic E-state index is 4.64. The van der Waals surface area contributed by atoms with Crippen LogP contribution in [0.1, 0.15) is 58.7 Å². The van der Waals surface area contributed by atoms with Crippen LogP contribution in [-0.4, -0.2) is 22.6 Å². The summed E-state index contributed by atoms with van der Waals surface area (Å²) in [6.07, 6.45) is 3.82. The molecule has 0 aliphatic heterocycles. The van der Waals surface area contributed by atoms with Crippen molar-refractivity contribution in [2.45, 2.75) is 58.9 Å². The average molecular weight is 262 g/mol. The van der Waals surface area contributed by atoms with Crippen molar-refractivity contribution in [1.29, 1.82) is 0 Å². The normalized spacial score (nSPS) is 22.8. The largest absolute Gasteiger partial charge is 0.370 e. The summed E-state index contributed by atoms with van der Waals surface area (Å²) in [5, 5.41) is 6.86. The van der Waals surface area contributed by atoms with Gasteiger partial charge in [-0.15, -0.1) is 0 Å². The van der Waals surface area contributed by atoms with Crippen molar-refractivity contribution in [2.24, 2.45) is 5.92 Å². The topological polar surface area (TPSA) is 49.8 Å². The van der Waals surface area contributed by atoms with Gasteiger partial charge in [-0.1, -0.05) is 20.8 Å². The van der Waals surface area contributed by atoms with Crippen molar-refractivity contribution in [2.75, 3.05) is 17.2 Å². The minimum absolute atomic E-state index is 0.349. The second-order valence-corrected chi connectivity index (χ2v) is 5.94. The van der Waals surface area contributed by atoms with Gasteiger partial charge >= 0.3 is 0 Å². The third kappa shape index (κ3) is 3.82. The Morgan fingerprint density at radius 3 is 2.58 bits per heavy atom. The van der Waals surface area contributed by atoms with Gasteiger partial charge in [-0.3, -0.25) is 0 Å². The summed E-state index contributed by atoms with van der Waals surface area (Å²) in [5.41, 5.74) is 0. The Bertz CT molecular complexity index is 417. The molecule has 0 radical (unpaired) electrons. The maximum atomic E-state index is 4.64. The van der Waals surface area contributed by atoms with Crippen molar-refractivity contribution in [1.82, 2.24) is 9.97 Å². The van der Waals surface area contributed by atoms with Gasteiger partial charge in [0.25, 0.3) is 0 Å². The molecule has 0 saturated heterocycles. The lowest BCUT2D eigenvalue weighted by molar-refractivity contribution is 0.602. The molecule has 1 heterocycles. The fourth-order valence-corrected chi connectivity index (χ4v) is 2.62. The molecule has 0 bridgehead atoms. The van der Waals surface area contributed by atoms with E-state index in [2.05, 4.69) is 48.3 Å². The van der Waals surface area contributed by atoms with E-state index in [9.17, 15) is 0 Å². The summed E-state index contributed by atoms with van der Waals surface area (Å²) in [7, 11) is 0. The lowest BCUT2D eigenvalue weighted by Crippen LogP contribution is -2.17. The molecule has 2 N–H and O–H groups in total. The van der Waals surface area contributed by atoms with Crippen LogP contribution in [0.5, 0.6) is 0 Å². The van der Waals surface area contributed by atoms with Gasteiger partial charge in [-0.25, -0.2) is 9.97 Å². The van der Waals surface area contributed by atoms with Gasteiger partial charge in [0, 0.05) is 24.6 Å². The molecular weight excluding hydrogens is 236 g/mol. The summed E-state index contributed by atoms with van der Waals surface area (Å²) in [5.74, 6) is 3.98. The highest BCUT2D eigenvalue weighted by Crippen LogP contribution is 2.27. The van der Waals surface area contributed by atoms with Crippen LogP contribution in [0.25, 0.3) is 0 Å². The molecule has 1 aromatic heterocycles. The van der Waals surface area contributed by atoms with Gasteiger partial charge in [0.2, 0.25) is 0 Å². The summed E-state index contributed by atoms with van der Waals surface area (Å²) in [4.78, 5) is 9.19. The minimum Gasteiger partial charge on any atom is -0.370 e. The molecule has 0 aromatic carbocycles. The Morgan fingerprint density at radius 2 is 2.00 bits per heavy atom. The molecule has 1 fully saturated rings. The molecule has 4 nitrogen and oxygen atoms in total. The second-order valence-electron chi connectivity index (χ2n) is 5.94. The Balaban J connectivity index is 2.13. The summed E-state index contributed by atoms with van der Waals surface area (Å²) in [6.45, 7) is 9.56. The number of hydrogen-bond acceptors (Lipinski definition) is 4. The van der Waals surface area contributed by atoms with E-state index in [1.165, 1.54) is 19.3 Å². The molecule has 1 aromatic rings. The highest BCUT2D eigenvalue weighted by Gasteiger charge is 2.21. The van der Waals surface area contributed by atoms with Crippen LogP contribution in [0, 0.1) is 5.92 Å². The lowest BCUT2D eigenvalue weighted by Gasteiger charge is -2.16. The second kappa shape index (κ2) is 6.22. The summed E-state index contributed by atoms with van der Waals surface area (Å²) >= 11 is 0. The third-order valence-electron chi connectivity index (χ3n) is 3.66. The maximum Gasteiger partial charge on any atom is 0.135 e. The number of nitrogens with zero attached hydrogens (tertiary/aromatic N) is 2. The smallest absolute Gasteiger partial charge is 0.135 e. The third-order valence-corrected chi connectivity index (χ3v) is 3.66. The molecule has 0 spiro atoms. The fraction of sp³-hybridized carbons (Fsp3) is 0.733. The average Bonchev–Trinajstić information content (AvgIpc) is 2.75. The van der Waals surface area contributed by atoms with Gasteiger partial charge in [0.1, 0.15) is 17.5 Å². The predicted molar refractivity (Wildman–Crippen MR) is 80.7 cm³/mol. The Kier molecular flexibility index (Phi) is 4.61. The molecule has 2 atom stereocenters. The van der Waals surface area contributed by atoms with E-state index in [0.717, 1.165) is 29.9 Å². The monoisotopic (exact) mass is 262 g/mol. The molecule has 2 rings (SSSR count). The standard InChI is InChI=1S/C15H26N4/c1-5-16-13-9-14(19-15(18-13)10(2)3)17-12-7-6-11(4)8-12/h9-12H,5-8H2,1-4H3,(H2,16,17,18,19). The molecule has 0 amide bonds. The molecule has 19 heavy (non-hydrogen) atoms. The lowest BCUT2D eigenvalue weighted by atomic mass is 10.1. The molecule has 4 heteroatoms. The Morgan fingerprint density at radius 1 is 1.26 bits per heavy atom. The number of nitrogens with one attached hydrogen (secondary N) is 2. The van der Waals surface area contributed by atoms with Gasteiger partial charge in [0.15, 0.2) is 0 Å². The van der Waals surface area contributed by atoms with E-state index >= 15 is 0 Å². The van der Waals surface area contributed by atoms with E-state index < -0.39 is 0 Å². The van der Waals surface area contributed by atoms with Crippen LogP contribution in [0.2, 0.25) is 0 Å². The van der Waals surface area contributed by atoms with Crippen LogP contribution in [-0.2, 0) is 0 Å². The van der Waals surface area contributed by atoms with Crippen LogP contribution in [0.4, 0.5) is 11.6 Å². The zero-order chi connectivity index (χ0) is 13.8. The Hall–Kier alpha value is -1.32. The van der Waals surface area contributed by atoms with E-state index in [-0.39, 0.29) is 0 Å². The quantitative estimate of drug-likeness (QED) is 0.850. The molecule has 2 unspecified atom stereocenters. The van der Waals surface area contributed by atoms with Gasteiger partial charge in [-0.2, -0.15) is 0 Å². The zero-order valence-corrected chi connectivity index (χ0v) is 12.5. The number of hydrogen-bond donors (Lipinski definition) is 2. The fourth-order valence-electron chi connectivity index (χ4n) is 2.62. The Labute approximate surface area is 116 Å². The molecule has 1 aliphatic rings. The zero-order valence-electron chi connectivity index (χ0n) is 12.5. The first kappa shape index (κ1) is 14.1. The van der Waals surface area contributed by atoms with Gasteiger partial charge in [0.05, 0.1) is 0 Å². The SMILES string of the molecule is CCNc1cc(NC2CCC(C)C2)nc(C(C)C)n1. The first-order valence-corrected chi connectivity index (χ1v) is 7.47. The van der Waals surface area contributed by atoms with Crippen LogP contribution >= 0.6 is 0 Å². The van der Waals surface area contributed by atoms with Crippen LogP contribution in [0.15, 0.2) is 6.07 Å². The van der Waals surface area contributed by atoms with Crippen molar-refractivity contribution in [3.05, 3.63) is 11.9 Å². The van der Waals surface area contributed by atoms with E-state index in [0.29, 0.717) is 12.0 Å². The molecule has 106 valence electrons. The van der Waals surface area contributed by atoms with Crippen molar-refractivity contribution in [3.8, 4) is 0 Å². The molecule has 1 aliphatic carbocycles. The van der Waals surface area contributed by atoms with E-state index in [1.54, 1.807) is 0 Å². The number of anilines is 2. The minimum atomic E-state index is 0.349. The van der Waals surface area contributed by atoms with Crippen LogP contribution < -0.4 is 10.6 Å². The first-order valence-electron chi connectivity index (χ1n) is 7.47. The van der Waals surface area contributed by atoms with E-state index in [4.69, 9.17) is 0 Å². The summed E-state index contributed by atoms with van der Waals surface area (Å²) < 4.78 is 0. The first-order chi connectivity index (χ1) is 9.08. The predicted octanol–water partition coefficient (Wildman–Crippen LogP) is 3.63. The number of rotatable bonds is 5. The molecular formula is C15H26N4. The van der Waals surface area contributed by atoms with Crippen molar-refractivity contribution < 1.29 is 0 Å². The van der Waals surface area contributed by atoms with Gasteiger partial charge in [-0.05, 0) is 32.1 Å². The highest BCUT2D eigenvalue weighted by atomic mass is 15.1. The van der Waals surface area contributed by atoms with Crippen molar-refractivity contribution >= 4 is 11.6 Å². The number of aromatic nitrogens is 2.